The fourth-order valence-corrected chi connectivity index (χ4v) is 4.75. The van der Waals surface area contributed by atoms with E-state index in [4.69, 9.17) is 21.3 Å². The summed E-state index contributed by atoms with van der Waals surface area (Å²) in [5, 5.41) is 5.70. The van der Waals surface area contributed by atoms with Crippen LogP contribution < -0.4 is 10.3 Å². The molecule has 200 valence electrons. The zero-order valence-electron chi connectivity index (χ0n) is 21.3. The highest BCUT2D eigenvalue weighted by Crippen LogP contribution is 2.33. The molecular formula is C28H23ClF3N5O2. The molecule has 0 atom stereocenters. The lowest BCUT2D eigenvalue weighted by Crippen LogP contribution is -2.29. The van der Waals surface area contributed by atoms with Gasteiger partial charge in [0.2, 0.25) is 0 Å². The SMILES string of the molecule is Cc1cc(Cl)c(COc2cccc3c(-c4ccn(C)n4)cc(C)nc23)c(Cn2cccc(C(F)(F)F)c2=O)n1. The Morgan fingerprint density at radius 2 is 1.77 bits per heavy atom. The smallest absolute Gasteiger partial charge is 0.421 e. The van der Waals surface area contributed by atoms with Crippen LogP contribution >= 0.6 is 11.6 Å². The van der Waals surface area contributed by atoms with Crippen LogP contribution in [0, 0.1) is 13.8 Å². The number of halogens is 4. The van der Waals surface area contributed by atoms with Gasteiger partial charge >= 0.3 is 6.18 Å². The number of fused-ring (bicyclic) bond motifs is 1. The number of aryl methyl sites for hydroxylation is 3. The Morgan fingerprint density at radius 1 is 1.00 bits per heavy atom. The van der Waals surface area contributed by atoms with Crippen molar-refractivity contribution in [3.8, 4) is 17.0 Å². The summed E-state index contributed by atoms with van der Waals surface area (Å²) in [6.07, 6.45) is -1.62. The minimum Gasteiger partial charge on any atom is -0.486 e. The summed E-state index contributed by atoms with van der Waals surface area (Å²) in [6.45, 7) is 3.35. The van der Waals surface area contributed by atoms with Crippen LogP contribution in [0.2, 0.25) is 5.02 Å². The predicted octanol–water partition coefficient (Wildman–Crippen LogP) is 6.11. The molecule has 39 heavy (non-hydrogen) atoms. The second-order valence-corrected chi connectivity index (χ2v) is 9.56. The molecule has 0 amide bonds. The van der Waals surface area contributed by atoms with Crippen molar-refractivity contribution < 1.29 is 17.9 Å². The standard InChI is InChI=1S/C28H23ClF3N5O2/c1-16-12-19(23-9-11-36(3)35-23)18-6-4-8-25(26(18)34-16)39-15-20-22(29)13-17(2)33-24(20)14-37-10-5-7-21(27(37)38)28(30,31)32/h4-13H,14-15H2,1-3H3. The van der Waals surface area contributed by atoms with Crippen LogP contribution in [0.4, 0.5) is 13.2 Å². The number of aromatic nitrogens is 5. The largest absolute Gasteiger partial charge is 0.486 e. The summed E-state index contributed by atoms with van der Waals surface area (Å²) < 4.78 is 48.8. The van der Waals surface area contributed by atoms with Crippen molar-refractivity contribution in [2.45, 2.75) is 33.2 Å². The average molecular weight is 554 g/mol. The van der Waals surface area contributed by atoms with Gasteiger partial charge in [-0.1, -0.05) is 23.7 Å². The third-order valence-corrected chi connectivity index (χ3v) is 6.56. The minimum absolute atomic E-state index is 0.0389. The molecule has 1 aromatic carbocycles. The molecule has 4 heterocycles. The van der Waals surface area contributed by atoms with E-state index in [0.717, 1.165) is 33.0 Å². The number of benzene rings is 1. The van der Waals surface area contributed by atoms with Gasteiger partial charge in [0.1, 0.15) is 23.4 Å². The molecule has 5 aromatic rings. The van der Waals surface area contributed by atoms with Gasteiger partial charge in [0.15, 0.2) is 0 Å². The van der Waals surface area contributed by atoms with Crippen LogP contribution in [0.25, 0.3) is 22.2 Å². The van der Waals surface area contributed by atoms with Gasteiger partial charge in [-0.15, -0.1) is 0 Å². The molecule has 7 nitrogen and oxygen atoms in total. The van der Waals surface area contributed by atoms with Crippen molar-refractivity contribution in [2.75, 3.05) is 0 Å². The normalized spacial score (nSPS) is 11.8. The van der Waals surface area contributed by atoms with Gasteiger partial charge in [0.05, 0.1) is 23.0 Å². The second kappa shape index (κ2) is 10.2. The molecule has 0 aliphatic carbocycles. The van der Waals surface area contributed by atoms with Gasteiger partial charge in [0, 0.05) is 47.3 Å². The maximum Gasteiger partial charge on any atom is 0.421 e. The Morgan fingerprint density at radius 3 is 2.49 bits per heavy atom. The number of alkyl halides is 3. The van der Waals surface area contributed by atoms with Gasteiger partial charge in [-0.05, 0) is 50.2 Å². The number of para-hydroxylation sites is 1. The Balaban J connectivity index is 1.51. The summed E-state index contributed by atoms with van der Waals surface area (Å²) >= 11 is 6.55. The zero-order valence-corrected chi connectivity index (χ0v) is 22.0. The Hall–Kier alpha value is -4.18. The van der Waals surface area contributed by atoms with Crippen molar-refractivity contribution in [2.24, 2.45) is 7.05 Å². The van der Waals surface area contributed by atoms with Crippen molar-refractivity contribution in [3.05, 3.63) is 105 Å². The number of pyridine rings is 3. The lowest BCUT2D eigenvalue weighted by atomic mass is 10.0. The highest BCUT2D eigenvalue weighted by molar-refractivity contribution is 6.31. The number of hydrogen-bond donors (Lipinski definition) is 0. The van der Waals surface area contributed by atoms with E-state index in [0.29, 0.717) is 33.2 Å². The van der Waals surface area contributed by atoms with E-state index in [1.807, 2.05) is 44.4 Å². The van der Waals surface area contributed by atoms with E-state index in [1.165, 1.54) is 12.3 Å². The Bertz CT molecular complexity index is 1760. The van der Waals surface area contributed by atoms with E-state index < -0.39 is 17.3 Å². The summed E-state index contributed by atoms with van der Waals surface area (Å²) in [6, 6.07) is 13.0. The first-order chi connectivity index (χ1) is 18.5. The zero-order chi connectivity index (χ0) is 27.9. The topological polar surface area (TPSA) is 74.8 Å². The van der Waals surface area contributed by atoms with Crippen LogP contribution in [0.1, 0.15) is 28.2 Å². The predicted molar refractivity (Wildman–Crippen MR) is 142 cm³/mol. The summed E-state index contributed by atoms with van der Waals surface area (Å²) in [4.78, 5) is 21.7. The van der Waals surface area contributed by atoms with Crippen molar-refractivity contribution in [1.82, 2.24) is 24.3 Å². The molecule has 0 fully saturated rings. The third kappa shape index (κ3) is 5.37. The third-order valence-electron chi connectivity index (χ3n) is 6.22. The molecule has 0 saturated carbocycles. The van der Waals surface area contributed by atoms with Crippen LogP contribution in [0.5, 0.6) is 5.75 Å². The van der Waals surface area contributed by atoms with Crippen molar-refractivity contribution >= 4 is 22.5 Å². The van der Waals surface area contributed by atoms with E-state index in [-0.39, 0.29) is 13.2 Å². The molecule has 0 aliphatic rings. The average Bonchev–Trinajstić information content (AvgIpc) is 3.29. The summed E-state index contributed by atoms with van der Waals surface area (Å²) in [5.41, 5.74) is 2.05. The summed E-state index contributed by atoms with van der Waals surface area (Å²) in [5.74, 6) is 0.493. The molecule has 0 saturated heterocycles. The second-order valence-electron chi connectivity index (χ2n) is 9.15. The monoisotopic (exact) mass is 553 g/mol. The van der Waals surface area contributed by atoms with Gasteiger partial charge in [-0.25, -0.2) is 4.98 Å². The van der Waals surface area contributed by atoms with Crippen LogP contribution in [0.3, 0.4) is 0 Å². The number of rotatable bonds is 6. The molecule has 5 rings (SSSR count). The van der Waals surface area contributed by atoms with E-state index in [2.05, 4.69) is 10.1 Å². The minimum atomic E-state index is -4.77. The van der Waals surface area contributed by atoms with Crippen LogP contribution in [0.15, 0.2) is 65.7 Å². The van der Waals surface area contributed by atoms with Gasteiger partial charge in [-0.2, -0.15) is 18.3 Å². The maximum atomic E-state index is 13.3. The maximum absolute atomic E-state index is 13.3. The quantitative estimate of drug-likeness (QED) is 0.254. The first-order valence-corrected chi connectivity index (χ1v) is 12.3. The number of ether oxygens (including phenoxy) is 1. The highest BCUT2D eigenvalue weighted by Gasteiger charge is 2.34. The Labute approximate surface area is 226 Å². The Kier molecular flexibility index (Phi) is 6.90. The molecule has 0 N–H and O–H groups in total. The van der Waals surface area contributed by atoms with Crippen LogP contribution in [-0.4, -0.2) is 24.3 Å². The molecule has 11 heteroatoms. The van der Waals surface area contributed by atoms with Gasteiger partial charge < -0.3 is 9.30 Å². The van der Waals surface area contributed by atoms with E-state index in [9.17, 15) is 18.0 Å². The molecule has 0 bridgehead atoms. The summed E-state index contributed by atoms with van der Waals surface area (Å²) in [7, 11) is 1.85. The fourth-order valence-electron chi connectivity index (χ4n) is 4.43. The van der Waals surface area contributed by atoms with Crippen molar-refractivity contribution in [3.63, 3.8) is 0 Å². The van der Waals surface area contributed by atoms with E-state index in [1.54, 1.807) is 23.7 Å². The lowest BCUT2D eigenvalue weighted by Gasteiger charge is -2.16. The van der Waals surface area contributed by atoms with Gasteiger partial charge in [-0.3, -0.25) is 14.5 Å². The number of nitrogens with zero attached hydrogens (tertiary/aromatic N) is 5. The van der Waals surface area contributed by atoms with E-state index >= 15 is 0 Å². The van der Waals surface area contributed by atoms with Gasteiger partial charge in [0.25, 0.3) is 5.56 Å². The molecule has 0 aliphatic heterocycles. The first-order valence-electron chi connectivity index (χ1n) is 12.0. The molecular weight excluding hydrogens is 531 g/mol. The molecule has 0 unspecified atom stereocenters. The molecule has 0 radical (unpaired) electrons. The first kappa shape index (κ1) is 26.4. The fraction of sp³-hybridized carbons (Fsp3) is 0.214. The van der Waals surface area contributed by atoms with Crippen molar-refractivity contribution in [1.29, 1.82) is 0 Å². The van der Waals surface area contributed by atoms with Crippen LogP contribution in [-0.2, 0) is 26.4 Å². The number of hydrogen-bond acceptors (Lipinski definition) is 5. The molecule has 4 aromatic heterocycles. The molecule has 0 spiro atoms. The lowest BCUT2D eigenvalue weighted by molar-refractivity contribution is -0.138. The highest BCUT2D eigenvalue weighted by atomic mass is 35.5.